The molecule has 0 saturated carbocycles. The van der Waals surface area contributed by atoms with Gasteiger partial charge in [0.2, 0.25) is 0 Å². The van der Waals surface area contributed by atoms with Gasteiger partial charge in [0, 0.05) is 5.60 Å². The van der Waals surface area contributed by atoms with Gasteiger partial charge in [-0.3, -0.25) is 0 Å². The Morgan fingerprint density at radius 1 is 1.05 bits per heavy atom. The minimum Gasteiger partial charge on any atom is -0.416 e. The van der Waals surface area contributed by atoms with E-state index in [9.17, 15) is 0 Å². The molecule has 0 aliphatic carbocycles. The Labute approximate surface area is 130 Å². The fourth-order valence-electron chi connectivity index (χ4n) is 5.03. The maximum Gasteiger partial charge on any atom is 0.172 e. The molecule has 0 aromatic rings. The summed E-state index contributed by atoms with van der Waals surface area (Å²) in [6, 6.07) is 1.35. The van der Waals surface area contributed by atoms with Gasteiger partial charge in [-0.25, -0.2) is 0 Å². The van der Waals surface area contributed by atoms with Gasteiger partial charge in [-0.2, -0.15) is 0 Å². The number of hydrogen-bond acceptors (Lipinski definition) is 1. The van der Waals surface area contributed by atoms with Gasteiger partial charge in [-0.1, -0.05) is 26.6 Å². The summed E-state index contributed by atoms with van der Waals surface area (Å²) >= 11 is 0. The zero-order valence-electron chi connectivity index (χ0n) is 15.8. The molecule has 1 fully saturated rings. The first-order valence-corrected chi connectivity index (χ1v) is 18.8. The van der Waals surface area contributed by atoms with Gasteiger partial charge in [0.25, 0.3) is 0 Å². The van der Waals surface area contributed by atoms with Gasteiger partial charge in [0.15, 0.2) is 7.83 Å². The van der Waals surface area contributed by atoms with Crippen LogP contribution in [0.2, 0.25) is 38.8 Å². The molecule has 0 N–H and O–H groups in total. The van der Waals surface area contributed by atoms with E-state index in [4.69, 9.17) is 4.43 Å². The molecule has 2 nitrogen and oxygen atoms in total. The standard InChI is InChI=1S/C15H38NOSi3/c1-12-14(16(4,5)6)20(11)13-15(2,3)17-18(7,8)19(20,9)10/h14H,12-13H2,1-11H3/q+1. The first-order chi connectivity index (χ1) is 8.61. The van der Waals surface area contributed by atoms with Crippen molar-refractivity contribution in [3.05, 3.63) is 0 Å². The Hall–Kier alpha value is 0.571. The van der Waals surface area contributed by atoms with Crippen LogP contribution in [0.3, 0.4) is 0 Å². The first-order valence-electron chi connectivity index (χ1n) is 8.12. The summed E-state index contributed by atoms with van der Waals surface area (Å²) in [5, 5.41) is 0. The molecule has 1 heterocycles. The molecule has 0 bridgehead atoms. The van der Waals surface area contributed by atoms with E-state index in [-0.39, 0.29) is 5.60 Å². The fraction of sp³-hybridized carbons (Fsp3) is 1.00. The second kappa shape index (κ2) is 5.05. The number of nitrogens with zero attached hydrogens (tertiary/aromatic N) is 1. The maximum atomic E-state index is 6.71. The van der Waals surface area contributed by atoms with Crippen molar-refractivity contribution >= 4 is 22.5 Å². The van der Waals surface area contributed by atoms with Crippen molar-refractivity contribution in [3.8, 4) is 0 Å². The molecule has 0 aromatic carbocycles. The van der Waals surface area contributed by atoms with E-state index in [0.29, 0.717) is 0 Å². The van der Waals surface area contributed by atoms with Gasteiger partial charge < -0.3 is 8.91 Å². The molecule has 0 aromatic heterocycles. The van der Waals surface area contributed by atoms with Gasteiger partial charge >= 0.3 is 0 Å². The third-order valence-corrected chi connectivity index (χ3v) is 47.5. The van der Waals surface area contributed by atoms with Crippen molar-refractivity contribution in [3.63, 3.8) is 0 Å². The monoisotopic (exact) mass is 332 g/mol. The fourth-order valence-corrected chi connectivity index (χ4v) is 42.0. The zero-order valence-corrected chi connectivity index (χ0v) is 18.8. The zero-order chi connectivity index (χ0) is 16.2. The van der Waals surface area contributed by atoms with Crippen LogP contribution in [0.15, 0.2) is 0 Å². The highest BCUT2D eigenvalue weighted by Gasteiger charge is 2.67. The Kier molecular flexibility index (Phi) is 4.70. The molecule has 0 spiro atoms. The highest BCUT2D eigenvalue weighted by atomic mass is 29.6. The topological polar surface area (TPSA) is 9.23 Å². The van der Waals surface area contributed by atoms with E-state index in [0.717, 1.165) is 10.1 Å². The summed E-state index contributed by atoms with van der Waals surface area (Å²) in [4.78, 5) is 0. The van der Waals surface area contributed by atoms with Crippen molar-refractivity contribution in [2.24, 2.45) is 0 Å². The van der Waals surface area contributed by atoms with E-state index in [1.165, 1.54) is 12.5 Å². The summed E-state index contributed by atoms with van der Waals surface area (Å²) in [5.41, 5.74) is 0.959. The van der Waals surface area contributed by atoms with Crippen molar-refractivity contribution in [1.29, 1.82) is 0 Å². The van der Waals surface area contributed by atoms with E-state index < -0.39 is 22.5 Å². The van der Waals surface area contributed by atoms with Crippen LogP contribution in [0.25, 0.3) is 0 Å². The largest absolute Gasteiger partial charge is 0.416 e. The molecule has 5 heteroatoms. The van der Waals surface area contributed by atoms with E-state index in [1.807, 2.05) is 0 Å². The number of hydrogen-bond donors (Lipinski definition) is 0. The smallest absolute Gasteiger partial charge is 0.172 e. The average Bonchev–Trinajstić information content (AvgIpc) is 2.10. The van der Waals surface area contributed by atoms with Crippen LogP contribution < -0.4 is 0 Å². The summed E-state index contributed by atoms with van der Waals surface area (Å²) < 4.78 is 7.84. The molecule has 1 saturated heterocycles. The average molecular weight is 333 g/mol. The lowest BCUT2D eigenvalue weighted by atomic mass is 10.2. The number of rotatable bonds is 3. The molecule has 1 rings (SSSR count). The lowest BCUT2D eigenvalue weighted by Crippen LogP contribution is -2.84. The third kappa shape index (κ3) is 2.89. The minimum absolute atomic E-state index is 0.0990. The van der Waals surface area contributed by atoms with E-state index >= 15 is 0 Å². The summed E-state index contributed by atoms with van der Waals surface area (Å²) in [6.45, 7) is 20.2. The Morgan fingerprint density at radius 2 is 1.50 bits per heavy atom. The van der Waals surface area contributed by atoms with Gasteiger partial charge in [-0.15, -0.1) is 0 Å². The Balaban J connectivity index is 3.43. The third-order valence-electron chi connectivity index (χ3n) is 6.31. The molecule has 1 aliphatic heterocycles. The van der Waals surface area contributed by atoms with Crippen molar-refractivity contribution in [1.82, 2.24) is 0 Å². The minimum atomic E-state index is -1.56. The second-order valence-corrected chi connectivity index (χ2v) is 36.0. The van der Waals surface area contributed by atoms with Crippen LogP contribution in [0.1, 0.15) is 27.2 Å². The lowest BCUT2D eigenvalue weighted by Gasteiger charge is -2.62. The highest BCUT2D eigenvalue weighted by molar-refractivity contribution is 7.68. The molecule has 20 heavy (non-hydrogen) atoms. The van der Waals surface area contributed by atoms with Crippen LogP contribution in [-0.4, -0.2) is 59.4 Å². The SMILES string of the molecule is CCC([N+](C)(C)C)[Si]1(C)CC(C)(C)O[Si](C)(C)[Si]1(C)C. The first kappa shape index (κ1) is 18.6. The Bertz CT molecular complexity index is 374. The van der Waals surface area contributed by atoms with E-state index in [1.54, 1.807) is 0 Å². The molecule has 2 unspecified atom stereocenters. The van der Waals surface area contributed by atoms with Crippen LogP contribution in [0, 0.1) is 0 Å². The quantitative estimate of drug-likeness (QED) is 0.561. The van der Waals surface area contributed by atoms with Gasteiger partial charge in [-0.05, 0) is 39.4 Å². The van der Waals surface area contributed by atoms with Crippen LogP contribution >= 0.6 is 0 Å². The van der Waals surface area contributed by atoms with Crippen molar-refractivity contribution in [2.75, 3.05) is 21.1 Å². The predicted octanol–water partition coefficient (Wildman–Crippen LogP) is 3.97. The van der Waals surface area contributed by atoms with Gasteiger partial charge in [0.1, 0.15) is 7.59 Å². The molecular formula is C15H38NOSi3+. The molecule has 2 atom stereocenters. The second-order valence-electron chi connectivity index (χ2n) is 9.63. The van der Waals surface area contributed by atoms with Crippen LogP contribution in [-0.2, 0) is 4.43 Å². The van der Waals surface area contributed by atoms with Gasteiger partial charge in [0.05, 0.1) is 33.9 Å². The molecule has 120 valence electrons. The summed E-state index contributed by atoms with van der Waals surface area (Å²) in [7, 11) is 3.01. The molecule has 0 amide bonds. The van der Waals surface area contributed by atoms with Crippen LogP contribution in [0.5, 0.6) is 0 Å². The van der Waals surface area contributed by atoms with Crippen molar-refractivity contribution in [2.45, 2.75) is 77.2 Å². The summed E-state index contributed by atoms with van der Waals surface area (Å²) in [6.07, 6.45) is 1.32. The normalized spacial score (nSPS) is 33.8. The maximum absolute atomic E-state index is 6.71. The summed E-state index contributed by atoms with van der Waals surface area (Å²) in [5.74, 6) is 0. The molecule has 0 radical (unpaired) electrons. The molecule has 1 aliphatic rings. The molecular weight excluding hydrogens is 294 g/mol. The van der Waals surface area contributed by atoms with E-state index in [2.05, 4.69) is 74.6 Å². The highest BCUT2D eigenvalue weighted by Crippen LogP contribution is 2.47. The predicted molar refractivity (Wildman–Crippen MR) is 98.7 cm³/mol. The lowest BCUT2D eigenvalue weighted by molar-refractivity contribution is -0.884. The van der Waals surface area contributed by atoms with Crippen molar-refractivity contribution < 1.29 is 8.91 Å². The Morgan fingerprint density at radius 3 is 1.85 bits per heavy atom. The van der Waals surface area contributed by atoms with Crippen LogP contribution in [0.4, 0.5) is 0 Å². The number of quaternary nitrogens is 1.